The minimum atomic E-state index is -2.84. The van der Waals surface area contributed by atoms with Crippen molar-refractivity contribution in [3.63, 3.8) is 0 Å². The van der Waals surface area contributed by atoms with Crippen LogP contribution in [0.4, 0.5) is 8.78 Å². The number of likely N-dealkylation sites (tertiary alicyclic amines) is 1. The molecule has 2 N–H and O–H groups in total. The van der Waals surface area contributed by atoms with Crippen molar-refractivity contribution in [2.75, 3.05) is 26.2 Å². The van der Waals surface area contributed by atoms with E-state index in [0.29, 0.717) is 32.0 Å². The van der Waals surface area contributed by atoms with E-state index in [0.717, 1.165) is 44.3 Å². The number of alkyl halides is 2. The molecule has 1 fully saturated rings. The standard InChI is InChI=1S/C20H30F2N4O2/c1-2-23-20(24-11-7-13-26-12-5-3-4-10-18(26)27)25-15-16-8-6-9-17(14-16)28-19(21)22/h6,8-9,14,19H,2-5,7,10-13,15H2,1H3,(H2,23,24,25). The van der Waals surface area contributed by atoms with Gasteiger partial charge in [0.05, 0.1) is 6.54 Å². The second-order valence-electron chi connectivity index (χ2n) is 6.69. The fourth-order valence-electron chi connectivity index (χ4n) is 3.08. The van der Waals surface area contributed by atoms with Gasteiger partial charge in [0.2, 0.25) is 5.91 Å². The Labute approximate surface area is 165 Å². The molecular weight excluding hydrogens is 366 g/mol. The third-order valence-electron chi connectivity index (χ3n) is 4.46. The number of aliphatic imine (C=N–C) groups is 1. The maximum atomic E-state index is 12.3. The van der Waals surface area contributed by atoms with E-state index in [1.165, 1.54) is 6.07 Å². The van der Waals surface area contributed by atoms with E-state index >= 15 is 0 Å². The summed E-state index contributed by atoms with van der Waals surface area (Å²) in [7, 11) is 0. The summed E-state index contributed by atoms with van der Waals surface area (Å²) in [5.74, 6) is 1.04. The molecule has 1 aliphatic rings. The zero-order valence-electron chi connectivity index (χ0n) is 16.4. The summed E-state index contributed by atoms with van der Waals surface area (Å²) in [6.45, 7) is 2.50. The highest BCUT2D eigenvalue weighted by Crippen LogP contribution is 2.16. The van der Waals surface area contributed by atoms with E-state index in [9.17, 15) is 13.6 Å². The highest BCUT2D eigenvalue weighted by Gasteiger charge is 2.15. The lowest BCUT2D eigenvalue weighted by atomic mass is 10.2. The van der Waals surface area contributed by atoms with Crippen LogP contribution in [0.5, 0.6) is 5.75 Å². The van der Waals surface area contributed by atoms with E-state index in [1.807, 2.05) is 17.9 Å². The Morgan fingerprint density at radius 1 is 1.29 bits per heavy atom. The maximum Gasteiger partial charge on any atom is 0.387 e. The minimum absolute atomic E-state index is 0.128. The molecule has 0 spiro atoms. The minimum Gasteiger partial charge on any atom is -0.435 e. The van der Waals surface area contributed by atoms with Crippen LogP contribution in [0.25, 0.3) is 0 Å². The number of benzene rings is 1. The van der Waals surface area contributed by atoms with E-state index in [-0.39, 0.29) is 11.7 Å². The zero-order chi connectivity index (χ0) is 20.2. The lowest BCUT2D eigenvalue weighted by Crippen LogP contribution is -2.39. The predicted molar refractivity (Wildman–Crippen MR) is 106 cm³/mol. The molecule has 1 aromatic carbocycles. The molecule has 1 amide bonds. The first kappa shape index (κ1) is 21.9. The van der Waals surface area contributed by atoms with Gasteiger partial charge in [0.1, 0.15) is 5.75 Å². The predicted octanol–water partition coefficient (Wildman–Crippen LogP) is 3.14. The van der Waals surface area contributed by atoms with E-state index < -0.39 is 6.61 Å². The van der Waals surface area contributed by atoms with Crippen molar-refractivity contribution >= 4 is 11.9 Å². The van der Waals surface area contributed by atoms with Crippen molar-refractivity contribution < 1.29 is 18.3 Å². The Kier molecular flexibility index (Phi) is 9.51. The third kappa shape index (κ3) is 8.10. The summed E-state index contributed by atoms with van der Waals surface area (Å²) in [6, 6.07) is 6.54. The van der Waals surface area contributed by atoms with Crippen LogP contribution in [-0.2, 0) is 11.3 Å². The first-order chi connectivity index (χ1) is 13.6. The van der Waals surface area contributed by atoms with Crippen molar-refractivity contribution in [3.8, 4) is 5.75 Å². The van der Waals surface area contributed by atoms with Crippen molar-refractivity contribution in [3.05, 3.63) is 29.8 Å². The van der Waals surface area contributed by atoms with Crippen LogP contribution in [0.15, 0.2) is 29.3 Å². The van der Waals surface area contributed by atoms with Crippen LogP contribution >= 0.6 is 0 Å². The summed E-state index contributed by atoms with van der Waals surface area (Å²) < 4.78 is 29.1. The molecule has 6 nitrogen and oxygen atoms in total. The van der Waals surface area contributed by atoms with Crippen LogP contribution in [0.1, 0.15) is 44.6 Å². The molecule has 1 aliphatic heterocycles. The lowest BCUT2D eigenvalue weighted by molar-refractivity contribution is -0.130. The second-order valence-corrected chi connectivity index (χ2v) is 6.69. The summed E-state index contributed by atoms with van der Waals surface area (Å²) >= 11 is 0. The average Bonchev–Trinajstić information content (AvgIpc) is 2.87. The third-order valence-corrected chi connectivity index (χ3v) is 4.46. The summed E-state index contributed by atoms with van der Waals surface area (Å²) in [6.07, 6.45) is 4.70. The number of halogens is 2. The quantitative estimate of drug-likeness (QED) is 0.382. The van der Waals surface area contributed by atoms with E-state index in [2.05, 4.69) is 20.4 Å². The molecule has 0 bridgehead atoms. The van der Waals surface area contributed by atoms with Gasteiger partial charge in [-0.3, -0.25) is 4.79 Å². The first-order valence-corrected chi connectivity index (χ1v) is 9.92. The molecule has 1 aromatic rings. The molecule has 0 atom stereocenters. The maximum absolute atomic E-state index is 12.3. The van der Waals surface area contributed by atoms with Gasteiger partial charge in [0.15, 0.2) is 5.96 Å². The SMILES string of the molecule is CCNC(=NCc1cccc(OC(F)F)c1)NCCCN1CCCCCC1=O. The molecular formula is C20H30F2N4O2. The number of rotatable bonds is 9. The molecule has 0 aromatic heterocycles. The summed E-state index contributed by atoms with van der Waals surface area (Å²) in [4.78, 5) is 18.5. The topological polar surface area (TPSA) is 66.0 Å². The van der Waals surface area contributed by atoms with Gasteiger partial charge in [-0.25, -0.2) is 4.99 Å². The van der Waals surface area contributed by atoms with E-state index in [1.54, 1.807) is 12.1 Å². The smallest absolute Gasteiger partial charge is 0.387 e. The van der Waals surface area contributed by atoms with Gasteiger partial charge in [0, 0.05) is 32.6 Å². The lowest BCUT2D eigenvalue weighted by Gasteiger charge is -2.20. The van der Waals surface area contributed by atoms with Crippen molar-refractivity contribution in [1.29, 1.82) is 0 Å². The molecule has 1 saturated heterocycles. The monoisotopic (exact) mass is 396 g/mol. The van der Waals surface area contributed by atoms with Gasteiger partial charge in [-0.2, -0.15) is 8.78 Å². The normalized spacial score (nSPS) is 15.5. The number of ether oxygens (including phenoxy) is 1. The highest BCUT2D eigenvalue weighted by molar-refractivity contribution is 5.79. The molecule has 0 saturated carbocycles. The number of carbonyl (C=O) groups excluding carboxylic acids is 1. The molecule has 28 heavy (non-hydrogen) atoms. The van der Waals surface area contributed by atoms with E-state index in [4.69, 9.17) is 0 Å². The van der Waals surface area contributed by atoms with Crippen molar-refractivity contribution in [1.82, 2.24) is 15.5 Å². The molecule has 156 valence electrons. The van der Waals surface area contributed by atoms with Gasteiger partial charge in [-0.15, -0.1) is 0 Å². The summed E-state index contributed by atoms with van der Waals surface area (Å²) in [5, 5.41) is 6.42. The number of nitrogens with zero attached hydrogens (tertiary/aromatic N) is 2. The van der Waals surface area contributed by atoms with Gasteiger partial charge >= 0.3 is 6.61 Å². The fraction of sp³-hybridized carbons (Fsp3) is 0.600. The Hall–Kier alpha value is -2.38. The molecule has 8 heteroatoms. The second kappa shape index (κ2) is 12.2. The summed E-state index contributed by atoms with van der Waals surface area (Å²) in [5.41, 5.74) is 0.783. The van der Waals surface area contributed by atoms with Crippen LogP contribution in [0, 0.1) is 0 Å². The Balaban J connectivity index is 1.80. The molecule has 0 unspecified atom stereocenters. The van der Waals surface area contributed by atoms with Crippen LogP contribution in [-0.4, -0.2) is 49.6 Å². The number of nitrogens with one attached hydrogen (secondary N) is 2. The molecule has 1 heterocycles. The number of carbonyl (C=O) groups is 1. The number of hydrogen-bond donors (Lipinski definition) is 2. The first-order valence-electron chi connectivity index (χ1n) is 9.92. The Morgan fingerprint density at radius 3 is 2.93 bits per heavy atom. The molecule has 2 rings (SSSR count). The zero-order valence-corrected chi connectivity index (χ0v) is 16.4. The Bertz CT molecular complexity index is 640. The largest absolute Gasteiger partial charge is 0.435 e. The Morgan fingerprint density at radius 2 is 2.14 bits per heavy atom. The average molecular weight is 396 g/mol. The van der Waals surface area contributed by atoms with Crippen LogP contribution < -0.4 is 15.4 Å². The highest BCUT2D eigenvalue weighted by atomic mass is 19.3. The van der Waals surface area contributed by atoms with Crippen molar-refractivity contribution in [2.24, 2.45) is 4.99 Å². The number of guanidine groups is 1. The van der Waals surface area contributed by atoms with Gasteiger partial charge in [-0.05, 0) is 43.9 Å². The van der Waals surface area contributed by atoms with Gasteiger partial charge < -0.3 is 20.3 Å². The molecule has 0 aliphatic carbocycles. The van der Waals surface area contributed by atoms with Gasteiger partial charge in [0.25, 0.3) is 0 Å². The number of hydrogen-bond acceptors (Lipinski definition) is 3. The number of amides is 1. The van der Waals surface area contributed by atoms with Crippen molar-refractivity contribution in [2.45, 2.75) is 52.2 Å². The fourth-order valence-corrected chi connectivity index (χ4v) is 3.08. The molecule has 0 radical (unpaired) electrons. The van der Waals surface area contributed by atoms with Crippen LogP contribution in [0.3, 0.4) is 0 Å². The van der Waals surface area contributed by atoms with Gasteiger partial charge in [-0.1, -0.05) is 18.6 Å². The van der Waals surface area contributed by atoms with Crippen LogP contribution in [0.2, 0.25) is 0 Å².